The maximum atomic E-state index is 5.69. The van der Waals surface area contributed by atoms with E-state index >= 15 is 0 Å². The van der Waals surface area contributed by atoms with Crippen LogP contribution in [0.15, 0.2) is 36.4 Å². The number of nitrogens with one attached hydrogen (secondary N) is 1. The van der Waals surface area contributed by atoms with Gasteiger partial charge in [0.25, 0.3) is 0 Å². The minimum Gasteiger partial charge on any atom is -0.338 e. The fourth-order valence-corrected chi connectivity index (χ4v) is 2.52. The summed E-state index contributed by atoms with van der Waals surface area (Å²) in [6, 6.07) is 12.6. The molecule has 3 N–H and O–H groups in total. The Kier molecular flexibility index (Phi) is 3.28. The normalized spacial score (nSPS) is 11.2. The molecule has 0 unspecified atom stereocenters. The average Bonchev–Trinajstić information content (AvgIpc) is 2.83. The fourth-order valence-electron chi connectivity index (χ4n) is 2.52. The molecule has 3 nitrogen and oxygen atoms in total. The van der Waals surface area contributed by atoms with Crippen molar-refractivity contribution >= 4 is 11.0 Å². The lowest BCUT2D eigenvalue weighted by Gasteiger charge is -2.05. The van der Waals surface area contributed by atoms with Crippen LogP contribution >= 0.6 is 0 Å². The van der Waals surface area contributed by atoms with Crippen LogP contribution in [-0.4, -0.2) is 16.5 Å². The summed E-state index contributed by atoms with van der Waals surface area (Å²) in [6.45, 7) is 4.89. The Morgan fingerprint density at radius 3 is 2.65 bits per heavy atom. The van der Waals surface area contributed by atoms with Crippen molar-refractivity contribution in [3.63, 3.8) is 0 Å². The lowest BCUT2D eigenvalue weighted by Crippen LogP contribution is -2.04. The van der Waals surface area contributed by atoms with E-state index in [1.807, 2.05) is 12.1 Å². The zero-order valence-electron chi connectivity index (χ0n) is 11.9. The van der Waals surface area contributed by atoms with Crippen molar-refractivity contribution in [2.45, 2.75) is 20.3 Å². The Morgan fingerprint density at radius 2 is 1.85 bits per heavy atom. The standard InChI is InChI=1S/C17H19N3/c1-11-9-15-16(10-12(11)2)20-17(19-15)14-6-4-3-5-13(14)7-8-18/h3-6,9-10H,7-8,18H2,1-2H3,(H,19,20). The number of imidazole rings is 1. The number of fused-ring (bicyclic) bond motifs is 1. The number of nitrogens with zero attached hydrogens (tertiary/aromatic N) is 1. The molecule has 0 fully saturated rings. The molecule has 0 aliphatic rings. The van der Waals surface area contributed by atoms with Crippen LogP contribution in [0.2, 0.25) is 0 Å². The second-order valence-corrected chi connectivity index (χ2v) is 5.23. The summed E-state index contributed by atoms with van der Waals surface area (Å²) in [7, 11) is 0. The number of hydrogen-bond acceptors (Lipinski definition) is 2. The summed E-state index contributed by atoms with van der Waals surface area (Å²) < 4.78 is 0. The Morgan fingerprint density at radius 1 is 1.10 bits per heavy atom. The third kappa shape index (κ3) is 2.21. The molecule has 1 aromatic heterocycles. The summed E-state index contributed by atoms with van der Waals surface area (Å²) in [5.74, 6) is 0.925. The van der Waals surface area contributed by atoms with E-state index in [-0.39, 0.29) is 0 Å². The van der Waals surface area contributed by atoms with Gasteiger partial charge in [0.2, 0.25) is 0 Å². The van der Waals surface area contributed by atoms with Crippen molar-refractivity contribution in [2.75, 3.05) is 6.54 Å². The highest BCUT2D eigenvalue weighted by molar-refractivity contribution is 5.81. The minimum absolute atomic E-state index is 0.648. The zero-order valence-corrected chi connectivity index (χ0v) is 11.9. The first-order chi connectivity index (χ1) is 9.69. The van der Waals surface area contributed by atoms with Crippen LogP contribution in [0.1, 0.15) is 16.7 Å². The molecule has 20 heavy (non-hydrogen) atoms. The molecule has 3 rings (SSSR count). The van der Waals surface area contributed by atoms with Crippen LogP contribution in [0.25, 0.3) is 22.4 Å². The quantitative estimate of drug-likeness (QED) is 0.763. The average molecular weight is 265 g/mol. The molecule has 0 amide bonds. The van der Waals surface area contributed by atoms with Gasteiger partial charge in [0.15, 0.2) is 0 Å². The van der Waals surface area contributed by atoms with Crippen molar-refractivity contribution < 1.29 is 0 Å². The first-order valence-electron chi connectivity index (χ1n) is 6.94. The van der Waals surface area contributed by atoms with Gasteiger partial charge in [-0.3, -0.25) is 0 Å². The second-order valence-electron chi connectivity index (χ2n) is 5.23. The lowest BCUT2D eigenvalue weighted by molar-refractivity contribution is 0.968. The smallest absolute Gasteiger partial charge is 0.138 e. The van der Waals surface area contributed by atoms with Gasteiger partial charge in [0.1, 0.15) is 5.82 Å². The highest BCUT2D eigenvalue weighted by Crippen LogP contribution is 2.25. The van der Waals surface area contributed by atoms with Crippen LogP contribution in [0, 0.1) is 13.8 Å². The molecule has 3 heteroatoms. The molecule has 1 heterocycles. The summed E-state index contributed by atoms with van der Waals surface area (Å²) in [5, 5.41) is 0. The highest BCUT2D eigenvalue weighted by atomic mass is 14.9. The number of benzene rings is 2. The summed E-state index contributed by atoms with van der Waals surface area (Å²) in [5.41, 5.74) is 12.7. The molecule has 0 saturated carbocycles. The predicted molar refractivity (Wildman–Crippen MR) is 83.8 cm³/mol. The van der Waals surface area contributed by atoms with Gasteiger partial charge in [0.05, 0.1) is 11.0 Å². The van der Waals surface area contributed by atoms with Gasteiger partial charge in [-0.2, -0.15) is 0 Å². The number of rotatable bonds is 3. The molecule has 102 valence electrons. The van der Waals surface area contributed by atoms with E-state index in [0.717, 1.165) is 28.8 Å². The first-order valence-corrected chi connectivity index (χ1v) is 6.94. The predicted octanol–water partition coefficient (Wildman–Crippen LogP) is 3.35. The van der Waals surface area contributed by atoms with E-state index in [1.165, 1.54) is 16.7 Å². The molecule has 0 saturated heterocycles. The van der Waals surface area contributed by atoms with Crippen LogP contribution in [0.4, 0.5) is 0 Å². The second kappa shape index (κ2) is 5.10. The molecular formula is C17H19N3. The third-order valence-electron chi connectivity index (χ3n) is 3.78. The minimum atomic E-state index is 0.648. The van der Waals surface area contributed by atoms with E-state index < -0.39 is 0 Å². The number of aromatic nitrogens is 2. The maximum Gasteiger partial charge on any atom is 0.138 e. The molecule has 0 bridgehead atoms. The Hall–Kier alpha value is -2.13. The largest absolute Gasteiger partial charge is 0.338 e. The SMILES string of the molecule is Cc1cc2nc(-c3ccccc3CCN)[nH]c2cc1C. The summed E-state index contributed by atoms with van der Waals surface area (Å²) >= 11 is 0. The van der Waals surface area contributed by atoms with Crippen molar-refractivity contribution in [1.29, 1.82) is 0 Å². The van der Waals surface area contributed by atoms with Crippen molar-refractivity contribution in [3.8, 4) is 11.4 Å². The van der Waals surface area contributed by atoms with Crippen LogP contribution < -0.4 is 5.73 Å². The van der Waals surface area contributed by atoms with Crippen molar-refractivity contribution in [1.82, 2.24) is 9.97 Å². The number of aromatic amines is 1. The summed E-state index contributed by atoms with van der Waals surface area (Å²) in [6.07, 6.45) is 0.866. The molecule has 0 atom stereocenters. The van der Waals surface area contributed by atoms with Crippen molar-refractivity contribution in [3.05, 3.63) is 53.1 Å². The highest BCUT2D eigenvalue weighted by Gasteiger charge is 2.10. The van der Waals surface area contributed by atoms with E-state index in [4.69, 9.17) is 10.7 Å². The zero-order chi connectivity index (χ0) is 14.1. The molecule has 0 aliphatic carbocycles. The Balaban J connectivity index is 2.15. The van der Waals surface area contributed by atoms with E-state index in [2.05, 4.69) is 43.1 Å². The fraction of sp³-hybridized carbons (Fsp3) is 0.235. The molecule has 0 radical (unpaired) electrons. The number of aryl methyl sites for hydroxylation is 2. The number of hydrogen-bond donors (Lipinski definition) is 2. The summed E-state index contributed by atoms with van der Waals surface area (Å²) in [4.78, 5) is 8.16. The van der Waals surface area contributed by atoms with Gasteiger partial charge in [-0.15, -0.1) is 0 Å². The number of nitrogens with two attached hydrogens (primary N) is 1. The van der Waals surface area contributed by atoms with Crippen LogP contribution in [0.5, 0.6) is 0 Å². The molecule has 2 aromatic carbocycles. The van der Waals surface area contributed by atoms with Gasteiger partial charge < -0.3 is 10.7 Å². The van der Waals surface area contributed by atoms with E-state index in [9.17, 15) is 0 Å². The van der Waals surface area contributed by atoms with Gasteiger partial charge in [-0.1, -0.05) is 24.3 Å². The van der Waals surface area contributed by atoms with Gasteiger partial charge in [-0.05, 0) is 55.6 Å². The first kappa shape index (κ1) is 12.9. The lowest BCUT2D eigenvalue weighted by atomic mass is 10.0. The number of H-pyrrole nitrogens is 1. The van der Waals surface area contributed by atoms with Crippen molar-refractivity contribution in [2.24, 2.45) is 5.73 Å². The Labute approximate surface area is 118 Å². The molecule has 0 spiro atoms. The topological polar surface area (TPSA) is 54.7 Å². The van der Waals surface area contributed by atoms with E-state index in [1.54, 1.807) is 0 Å². The van der Waals surface area contributed by atoms with Gasteiger partial charge in [-0.25, -0.2) is 4.98 Å². The van der Waals surface area contributed by atoms with Crippen LogP contribution in [-0.2, 0) is 6.42 Å². The third-order valence-corrected chi connectivity index (χ3v) is 3.78. The van der Waals surface area contributed by atoms with E-state index in [0.29, 0.717) is 6.54 Å². The van der Waals surface area contributed by atoms with Gasteiger partial charge >= 0.3 is 0 Å². The van der Waals surface area contributed by atoms with Crippen LogP contribution in [0.3, 0.4) is 0 Å². The monoisotopic (exact) mass is 265 g/mol. The molecule has 0 aliphatic heterocycles. The molecule has 3 aromatic rings. The maximum absolute atomic E-state index is 5.69. The molecular weight excluding hydrogens is 246 g/mol. The van der Waals surface area contributed by atoms with Gasteiger partial charge in [0, 0.05) is 5.56 Å². The Bertz CT molecular complexity index is 717.